The molecule has 0 bridgehead atoms. The van der Waals surface area contributed by atoms with Crippen molar-refractivity contribution in [3.05, 3.63) is 40.2 Å². The molecule has 1 amide bonds. The lowest BCUT2D eigenvalue weighted by Gasteiger charge is -2.33. The second-order valence-corrected chi connectivity index (χ2v) is 8.39. The molecule has 0 aromatic carbocycles. The molecule has 0 radical (unpaired) electrons. The summed E-state index contributed by atoms with van der Waals surface area (Å²) in [5.74, 6) is -0.175. The first kappa shape index (κ1) is 22.0. The van der Waals surface area contributed by atoms with Gasteiger partial charge in [0.05, 0.1) is 12.8 Å². The van der Waals surface area contributed by atoms with Crippen LogP contribution in [0.4, 0.5) is 10.8 Å². The molecule has 3 aromatic heterocycles. The quantitative estimate of drug-likeness (QED) is 0.564. The van der Waals surface area contributed by atoms with E-state index in [4.69, 9.17) is 13.9 Å². The SMILES string of the molecule is COCC1CCN(c2cc(C(=O)Nc3nnc(-n4nccc4C)s3)oc(=O)c2OC)CC1. The minimum Gasteiger partial charge on any atom is -0.488 e. The smallest absolute Gasteiger partial charge is 0.381 e. The minimum absolute atomic E-state index is 0.0825. The van der Waals surface area contributed by atoms with E-state index in [0.717, 1.165) is 43.0 Å². The number of amides is 1. The van der Waals surface area contributed by atoms with Crippen molar-refractivity contribution < 1.29 is 18.7 Å². The molecule has 1 aliphatic rings. The third kappa shape index (κ3) is 4.50. The molecule has 11 nitrogen and oxygen atoms in total. The summed E-state index contributed by atoms with van der Waals surface area (Å²) < 4.78 is 17.4. The Bertz CT molecular complexity index is 1150. The second kappa shape index (κ2) is 9.49. The van der Waals surface area contributed by atoms with Crippen LogP contribution in [0.15, 0.2) is 27.5 Å². The monoisotopic (exact) mass is 460 g/mol. The van der Waals surface area contributed by atoms with Crippen molar-refractivity contribution in [1.82, 2.24) is 20.0 Å². The second-order valence-electron chi connectivity index (χ2n) is 7.43. The van der Waals surface area contributed by atoms with Gasteiger partial charge in [0.2, 0.25) is 16.0 Å². The zero-order valence-corrected chi connectivity index (χ0v) is 18.8. The van der Waals surface area contributed by atoms with Crippen LogP contribution in [-0.2, 0) is 4.74 Å². The lowest BCUT2D eigenvalue weighted by molar-refractivity contribution is 0.0991. The van der Waals surface area contributed by atoms with Crippen LogP contribution in [0.25, 0.3) is 5.13 Å². The highest BCUT2D eigenvalue weighted by Crippen LogP contribution is 2.30. The van der Waals surface area contributed by atoms with Gasteiger partial charge in [-0.3, -0.25) is 10.1 Å². The van der Waals surface area contributed by atoms with Gasteiger partial charge in [0.25, 0.3) is 5.91 Å². The minimum atomic E-state index is -0.709. The highest BCUT2D eigenvalue weighted by atomic mass is 32.1. The molecular weight excluding hydrogens is 436 g/mol. The zero-order chi connectivity index (χ0) is 22.7. The first-order chi connectivity index (χ1) is 15.5. The Hall–Kier alpha value is -3.25. The van der Waals surface area contributed by atoms with Crippen LogP contribution in [0.5, 0.6) is 5.75 Å². The van der Waals surface area contributed by atoms with E-state index in [0.29, 0.717) is 23.3 Å². The van der Waals surface area contributed by atoms with Crippen molar-refractivity contribution in [2.24, 2.45) is 5.92 Å². The maximum atomic E-state index is 12.8. The summed E-state index contributed by atoms with van der Waals surface area (Å²) in [4.78, 5) is 27.3. The number of hydrogen-bond acceptors (Lipinski definition) is 10. The summed E-state index contributed by atoms with van der Waals surface area (Å²) >= 11 is 1.16. The molecule has 3 aromatic rings. The third-order valence-corrected chi connectivity index (χ3v) is 6.14. The molecule has 1 N–H and O–H groups in total. The first-order valence-corrected chi connectivity index (χ1v) is 10.9. The fourth-order valence-electron chi connectivity index (χ4n) is 3.66. The summed E-state index contributed by atoms with van der Waals surface area (Å²) in [5.41, 5.74) is 0.716. The fraction of sp³-hybridized carbons (Fsp3) is 0.450. The summed E-state index contributed by atoms with van der Waals surface area (Å²) in [6, 6.07) is 3.37. The molecule has 1 aliphatic heterocycles. The highest BCUT2D eigenvalue weighted by molar-refractivity contribution is 7.17. The van der Waals surface area contributed by atoms with Crippen LogP contribution >= 0.6 is 11.3 Å². The lowest BCUT2D eigenvalue weighted by atomic mass is 9.97. The van der Waals surface area contributed by atoms with Gasteiger partial charge in [-0.1, -0.05) is 11.3 Å². The van der Waals surface area contributed by atoms with E-state index in [1.807, 2.05) is 17.9 Å². The van der Waals surface area contributed by atoms with E-state index in [9.17, 15) is 9.59 Å². The maximum absolute atomic E-state index is 12.8. The van der Waals surface area contributed by atoms with Crippen LogP contribution in [-0.4, -0.2) is 59.8 Å². The standard InChI is InChI=1S/C20H24N6O5S/c1-12-4-7-21-26(12)20-24-23-19(32-20)22-17(27)15-10-14(16(30-3)18(28)31-15)25-8-5-13(6-9-25)11-29-2/h4,7,10,13H,5-6,8-9,11H2,1-3H3,(H,22,23,27). The van der Waals surface area contributed by atoms with Gasteiger partial charge < -0.3 is 18.8 Å². The van der Waals surface area contributed by atoms with Gasteiger partial charge in [-0.2, -0.15) is 5.10 Å². The van der Waals surface area contributed by atoms with Crippen molar-refractivity contribution in [1.29, 1.82) is 0 Å². The Morgan fingerprint density at radius 2 is 2.09 bits per heavy atom. The molecule has 0 unspecified atom stereocenters. The van der Waals surface area contributed by atoms with Crippen molar-refractivity contribution in [3.8, 4) is 10.9 Å². The van der Waals surface area contributed by atoms with Gasteiger partial charge in [0.1, 0.15) is 0 Å². The van der Waals surface area contributed by atoms with Crippen LogP contribution in [0.1, 0.15) is 29.1 Å². The summed E-state index contributed by atoms with van der Waals surface area (Å²) in [5, 5.41) is 15.6. The molecule has 1 saturated heterocycles. The summed E-state index contributed by atoms with van der Waals surface area (Å²) in [6.45, 7) is 4.03. The molecule has 170 valence electrons. The van der Waals surface area contributed by atoms with E-state index in [-0.39, 0.29) is 16.6 Å². The number of piperidine rings is 1. The average Bonchev–Trinajstić information content (AvgIpc) is 3.42. The molecule has 1 fully saturated rings. The molecule has 0 spiro atoms. The molecule has 4 heterocycles. The van der Waals surface area contributed by atoms with E-state index in [1.165, 1.54) is 13.2 Å². The molecule has 0 atom stereocenters. The Kier molecular flexibility index (Phi) is 6.51. The van der Waals surface area contributed by atoms with Gasteiger partial charge in [0.15, 0.2) is 5.76 Å². The maximum Gasteiger partial charge on any atom is 0.381 e. The Labute approximate surface area is 188 Å². The van der Waals surface area contributed by atoms with Crippen LogP contribution in [0.3, 0.4) is 0 Å². The van der Waals surface area contributed by atoms with Crippen molar-refractivity contribution in [2.75, 3.05) is 44.1 Å². The van der Waals surface area contributed by atoms with Gasteiger partial charge in [-0.25, -0.2) is 9.48 Å². The van der Waals surface area contributed by atoms with Crippen molar-refractivity contribution in [2.45, 2.75) is 19.8 Å². The number of carbonyl (C=O) groups excluding carboxylic acids is 1. The van der Waals surface area contributed by atoms with E-state index in [2.05, 4.69) is 20.6 Å². The molecule has 0 saturated carbocycles. The fourth-order valence-corrected chi connectivity index (χ4v) is 4.42. The van der Waals surface area contributed by atoms with E-state index >= 15 is 0 Å². The first-order valence-electron chi connectivity index (χ1n) is 10.1. The number of nitrogens with one attached hydrogen (secondary N) is 1. The number of hydrogen-bond donors (Lipinski definition) is 1. The molecule has 12 heteroatoms. The Morgan fingerprint density at radius 3 is 2.75 bits per heavy atom. The van der Waals surface area contributed by atoms with Crippen molar-refractivity contribution >= 4 is 28.1 Å². The molecule has 4 rings (SSSR count). The zero-order valence-electron chi connectivity index (χ0n) is 18.0. The number of anilines is 2. The van der Waals surface area contributed by atoms with Crippen LogP contribution in [0, 0.1) is 12.8 Å². The number of aromatic nitrogens is 4. The number of carbonyl (C=O) groups is 1. The van der Waals surface area contributed by atoms with E-state index < -0.39 is 11.5 Å². The number of ether oxygens (including phenoxy) is 2. The topological polar surface area (TPSA) is 125 Å². The van der Waals surface area contributed by atoms with Gasteiger partial charge in [-0.15, -0.1) is 10.2 Å². The summed E-state index contributed by atoms with van der Waals surface area (Å²) in [7, 11) is 3.10. The molecular formula is C20H24N6O5S. The van der Waals surface area contributed by atoms with E-state index in [1.54, 1.807) is 18.0 Å². The Morgan fingerprint density at radius 1 is 1.31 bits per heavy atom. The van der Waals surface area contributed by atoms with Crippen LogP contribution in [0.2, 0.25) is 0 Å². The highest BCUT2D eigenvalue weighted by Gasteiger charge is 2.26. The predicted octanol–water partition coefficient (Wildman–Crippen LogP) is 2.11. The Balaban J connectivity index is 1.54. The van der Waals surface area contributed by atoms with Gasteiger partial charge in [-0.05, 0) is 31.7 Å². The molecule has 0 aliphatic carbocycles. The van der Waals surface area contributed by atoms with Gasteiger partial charge >= 0.3 is 5.63 Å². The van der Waals surface area contributed by atoms with Gasteiger partial charge in [0, 0.05) is 44.8 Å². The largest absolute Gasteiger partial charge is 0.488 e. The lowest BCUT2D eigenvalue weighted by Crippen LogP contribution is -2.36. The average molecular weight is 461 g/mol. The predicted molar refractivity (Wildman–Crippen MR) is 118 cm³/mol. The normalized spacial score (nSPS) is 14.5. The van der Waals surface area contributed by atoms with Crippen molar-refractivity contribution in [3.63, 3.8) is 0 Å². The number of nitrogens with zero attached hydrogens (tertiary/aromatic N) is 5. The number of rotatable bonds is 7. The third-order valence-electron chi connectivity index (χ3n) is 5.32. The number of methoxy groups -OCH3 is 2. The molecule has 32 heavy (non-hydrogen) atoms. The summed E-state index contributed by atoms with van der Waals surface area (Å²) in [6.07, 6.45) is 3.49. The van der Waals surface area contributed by atoms with Crippen LogP contribution < -0.4 is 20.6 Å². The number of aryl methyl sites for hydroxylation is 1.